The fraction of sp³-hybridized carbons (Fsp3) is 0.300. The average Bonchev–Trinajstić information content (AvgIpc) is 2.33. The van der Waals surface area contributed by atoms with Gasteiger partial charge in [-0.15, -0.1) is 0 Å². The molecule has 0 aromatic heterocycles. The lowest BCUT2D eigenvalue weighted by Crippen LogP contribution is -2.10. The van der Waals surface area contributed by atoms with E-state index in [4.69, 9.17) is 15.5 Å². The Morgan fingerprint density at radius 2 is 2.17 bits per heavy atom. The first kappa shape index (κ1) is 13.7. The summed E-state index contributed by atoms with van der Waals surface area (Å²) >= 11 is 0. The standard InChI is InChI=1S/C10H7F3N4O/c11-10(12,13)8-5-7(6-14)1-2-9(8)18-4-3-16-17-15/h1-2,5H,3-4H2. The van der Waals surface area contributed by atoms with Gasteiger partial charge in [-0.2, -0.15) is 18.4 Å². The lowest BCUT2D eigenvalue weighted by atomic mass is 10.1. The number of ether oxygens (including phenoxy) is 1. The Morgan fingerprint density at radius 3 is 2.72 bits per heavy atom. The highest BCUT2D eigenvalue weighted by Gasteiger charge is 2.34. The third-order valence-electron chi connectivity index (χ3n) is 1.93. The van der Waals surface area contributed by atoms with Crippen molar-refractivity contribution in [1.29, 1.82) is 5.26 Å². The normalized spacial score (nSPS) is 10.3. The molecule has 0 saturated heterocycles. The van der Waals surface area contributed by atoms with Gasteiger partial charge in [0.2, 0.25) is 0 Å². The number of azide groups is 1. The van der Waals surface area contributed by atoms with Crippen LogP contribution in [0.4, 0.5) is 13.2 Å². The number of halogens is 3. The number of hydrogen-bond donors (Lipinski definition) is 0. The molecular formula is C10H7F3N4O. The molecule has 1 aromatic carbocycles. The van der Waals surface area contributed by atoms with Gasteiger partial charge >= 0.3 is 6.18 Å². The van der Waals surface area contributed by atoms with Crippen molar-refractivity contribution < 1.29 is 17.9 Å². The predicted molar refractivity (Wildman–Crippen MR) is 55.7 cm³/mol. The summed E-state index contributed by atoms with van der Waals surface area (Å²) < 4.78 is 42.9. The Bertz CT molecular complexity index is 515. The molecule has 1 aromatic rings. The van der Waals surface area contributed by atoms with Gasteiger partial charge in [-0.05, 0) is 23.7 Å². The Labute approximate surface area is 100 Å². The molecule has 0 amide bonds. The van der Waals surface area contributed by atoms with E-state index in [9.17, 15) is 13.2 Å². The molecular weight excluding hydrogens is 249 g/mol. The van der Waals surface area contributed by atoms with Crippen molar-refractivity contribution in [3.63, 3.8) is 0 Å². The second-order valence-corrected chi connectivity index (χ2v) is 3.12. The summed E-state index contributed by atoms with van der Waals surface area (Å²) in [7, 11) is 0. The molecule has 0 fully saturated rings. The Morgan fingerprint density at radius 1 is 1.44 bits per heavy atom. The smallest absolute Gasteiger partial charge is 0.420 e. The van der Waals surface area contributed by atoms with Crippen LogP contribution in [0.15, 0.2) is 23.3 Å². The van der Waals surface area contributed by atoms with Crippen molar-refractivity contribution in [1.82, 2.24) is 0 Å². The van der Waals surface area contributed by atoms with Crippen molar-refractivity contribution >= 4 is 0 Å². The molecule has 18 heavy (non-hydrogen) atoms. The summed E-state index contributed by atoms with van der Waals surface area (Å²) in [6.07, 6.45) is -4.61. The van der Waals surface area contributed by atoms with E-state index in [-0.39, 0.29) is 18.7 Å². The van der Waals surface area contributed by atoms with Gasteiger partial charge in [-0.3, -0.25) is 0 Å². The first-order valence-electron chi connectivity index (χ1n) is 4.74. The van der Waals surface area contributed by atoms with E-state index < -0.39 is 17.5 Å². The SMILES string of the molecule is N#Cc1ccc(OCCN=[N+]=[N-])c(C(F)(F)F)c1. The van der Waals surface area contributed by atoms with Gasteiger partial charge in [-0.1, -0.05) is 5.11 Å². The van der Waals surface area contributed by atoms with Crippen molar-refractivity contribution in [3.8, 4) is 11.8 Å². The van der Waals surface area contributed by atoms with E-state index in [0.29, 0.717) is 6.07 Å². The molecule has 0 bridgehead atoms. The maximum atomic E-state index is 12.7. The van der Waals surface area contributed by atoms with E-state index in [0.717, 1.165) is 6.07 Å². The number of nitriles is 1. The van der Waals surface area contributed by atoms with E-state index in [1.54, 1.807) is 6.07 Å². The Kier molecular flexibility index (Phi) is 4.40. The summed E-state index contributed by atoms with van der Waals surface area (Å²) in [5, 5.41) is 11.7. The molecule has 8 heteroatoms. The van der Waals surface area contributed by atoms with Crippen LogP contribution in [0.25, 0.3) is 10.4 Å². The zero-order chi connectivity index (χ0) is 13.6. The predicted octanol–water partition coefficient (Wildman–Crippen LogP) is 3.27. The summed E-state index contributed by atoms with van der Waals surface area (Å²) in [6.45, 7) is -0.243. The van der Waals surface area contributed by atoms with Crippen molar-refractivity contribution in [2.75, 3.05) is 13.2 Å². The van der Waals surface area contributed by atoms with Gasteiger partial charge in [0, 0.05) is 4.91 Å². The largest absolute Gasteiger partial charge is 0.493 e. The van der Waals surface area contributed by atoms with Crippen LogP contribution in [0.3, 0.4) is 0 Å². The second-order valence-electron chi connectivity index (χ2n) is 3.12. The number of benzene rings is 1. The molecule has 0 aliphatic heterocycles. The molecule has 0 aliphatic rings. The van der Waals surface area contributed by atoms with Crippen molar-refractivity contribution in [2.24, 2.45) is 5.11 Å². The van der Waals surface area contributed by atoms with Crippen LogP contribution >= 0.6 is 0 Å². The zero-order valence-electron chi connectivity index (χ0n) is 8.98. The van der Waals surface area contributed by atoms with Crippen molar-refractivity contribution in [2.45, 2.75) is 6.18 Å². The minimum Gasteiger partial charge on any atom is -0.493 e. The molecule has 1 rings (SSSR count). The van der Waals surface area contributed by atoms with E-state index in [1.807, 2.05) is 0 Å². The molecule has 0 aliphatic carbocycles. The van der Waals surface area contributed by atoms with Crippen molar-refractivity contribution in [3.05, 3.63) is 39.8 Å². The van der Waals surface area contributed by atoms with Crippen LogP contribution in [-0.2, 0) is 6.18 Å². The van der Waals surface area contributed by atoms with Crippen LogP contribution in [0.5, 0.6) is 5.75 Å². The van der Waals surface area contributed by atoms with E-state index in [1.165, 1.54) is 6.07 Å². The average molecular weight is 256 g/mol. The monoisotopic (exact) mass is 256 g/mol. The molecule has 94 valence electrons. The highest BCUT2D eigenvalue weighted by atomic mass is 19.4. The van der Waals surface area contributed by atoms with Gasteiger partial charge in [0.05, 0.1) is 30.3 Å². The fourth-order valence-corrected chi connectivity index (χ4v) is 1.19. The lowest BCUT2D eigenvalue weighted by Gasteiger charge is -2.13. The van der Waals surface area contributed by atoms with Crippen LogP contribution in [0, 0.1) is 11.3 Å². The minimum atomic E-state index is -4.61. The molecule has 0 radical (unpaired) electrons. The highest BCUT2D eigenvalue weighted by molar-refractivity contribution is 5.43. The van der Waals surface area contributed by atoms with Gasteiger partial charge in [-0.25, -0.2) is 0 Å². The zero-order valence-corrected chi connectivity index (χ0v) is 8.98. The van der Waals surface area contributed by atoms with E-state index >= 15 is 0 Å². The number of hydrogen-bond acceptors (Lipinski definition) is 3. The molecule has 5 nitrogen and oxygen atoms in total. The maximum Gasteiger partial charge on any atom is 0.420 e. The Balaban J connectivity index is 2.97. The van der Waals surface area contributed by atoms with Gasteiger partial charge < -0.3 is 4.74 Å². The molecule has 0 unspecified atom stereocenters. The van der Waals surface area contributed by atoms with E-state index in [2.05, 4.69) is 10.0 Å². The van der Waals surface area contributed by atoms with Gasteiger partial charge in [0.25, 0.3) is 0 Å². The summed E-state index contributed by atoms with van der Waals surface area (Å²) in [5.74, 6) is -0.394. The second kappa shape index (κ2) is 5.80. The summed E-state index contributed by atoms with van der Waals surface area (Å²) in [4.78, 5) is 2.45. The lowest BCUT2D eigenvalue weighted by molar-refractivity contribution is -0.138. The van der Waals surface area contributed by atoms with Crippen LogP contribution in [-0.4, -0.2) is 13.2 Å². The minimum absolute atomic E-state index is 0.0756. The summed E-state index contributed by atoms with van der Waals surface area (Å²) in [5.41, 5.74) is 6.87. The Hall–Kier alpha value is -2.39. The number of nitrogens with zero attached hydrogens (tertiary/aromatic N) is 4. The first-order valence-corrected chi connectivity index (χ1v) is 4.74. The highest BCUT2D eigenvalue weighted by Crippen LogP contribution is 2.36. The maximum absolute atomic E-state index is 12.7. The molecule has 0 saturated carbocycles. The van der Waals surface area contributed by atoms with Crippen LogP contribution in [0.2, 0.25) is 0 Å². The van der Waals surface area contributed by atoms with Crippen LogP contribution in [0.1, 0.15) is 11.1 Å². The number of rotatable bonds is 4. The van der Waals surface area contributed by atoms with Gasteiger partial charge in [0.1, 0.15) is 5.75 Å². The van der Waals surface area contributed by atoms with Gasteiger partial charge in [0.15, 0.2) is 0 Å². The molecule has 0 atom stereocenters. The van der Waals surface area contributed by atoms with Crippen LogP contribution < -0.4 is 4.74 Å². The third-order valence-corrected chi connectivity index (χ3v) is 1.93. The molecule has 0 N–H and O–H groups in total. The molecule has 0 spiro atoms. The first-order chi connectivity index (χ1) is 8.49. The third kappa shape index (κ3) is 3.57. The fourth-order valence-electron chi connectivity index (χ4n) is 1.19. The quantitative estimate of drug-likeness (QED) is 0.358. The number of alkyl halides is 3. The topological polar surface area (TPSA) is 81.8 Å². The summed E-state index contributed by atoms with van der Waals surface area (Å²) in [6, 6.07) is 4.62. The molecule has 0 heterocycles.